The summed E-state index contributed by atoms with van der Waals surface area (Å²) in [5.74, 6) is 7.11. The predicted octanol–water partition coefficient (Wildman–Crippen LogP) is 2.12. The van der Waals surface area contributed by atoms with Crippen LogP contribution in [0.3, 0.4) is 0 Å². The highest BCUT2D eigenvalue weighted by atomic mass is 16.5. The van der Waals surface area contributed by atoms with Crippen LogP contribution in [0.5, 0.6) is 11.5 Å². The average molecular weight is 219 g/mol. The highest BCUT2D eigenvalue weighted by Gasteiger charge is 2.09. The molecule has 2 N–H and O–H groups in total. The van der Waals surface area contributed by atoms with Gasteiger partial charge in [-0.05, 0) is 19.9 Å². The van der Waals surface area contributed by atoms with Crippen LogP contribution >= 0.6 is 0 Å². The summed E-state index contributed by atoms with van der Waals surface area (Å²) in [5.41, 5.74) is 6.81. The zero-order chi connectivity index (χ0) is 12.0. The maximum Gasteiger partial charge on any atom is 0.149 e. The van der Waals surface area contributed by atoms with Gasteiger partial charge in [-0.25, -0.2) is 0 Å². The maximum absolute atomic E-state index is 5.85. The molecule has 0 saturated carbocycles. The van der Waals surface area contributed by atoms with Crippen molar-refractivity contribution in [1.82, 2.24) is 0 Å². The van der Waals surface area contributed by atoms with E-state index in [4.69, 9.17) is 15.2 Å². The minimum Gasteiger partial charge on any atom is -0.497 e. The fourth-order valence-electron chi connectivity index (χ4n) is 1.33. The predicted molar refractivity (Wildman–Crippen MR) is 64.5 cm³/mol. The van der Waals surface area contributed by atoms with Crippen molar-refractivity contribution in [3.63, 3.8) is 0 Å². The highest BCUT2D eigenvalue weighted by Crippen LogP contribution is 2.28. The number of rotatable bonds is 4. The Kier molecular flexibility index (Phi) is 4.68. The lowest BCUT2D eigenvalue weighted by atomic mass is 10.1. The molecule has 0 aliphatic carbocycles. The number of hydrogen-bond acceptors (Lipinski definition) is 3. The van der Waals surface area contributed by atoms with E-state index in [1.54, 1.807) is 14.0 Å². The fraction of sp³-hybridized carbons (Fsp3) is 0.385. The lowest BCUT2D eigenvalue weighted by molar-refractivity contribution is 0.357. The molecule has 1 rings (SSSR count). The van der Waals surface area contributed by atoms with E-state index in [2.05, 4.69) is 11.8 Å². The smallest absolute Gasteiger partial charge is 0.149 e. The van der Waals surface area contributed by atoms with Gasteiger partial charge in [0.2, 0.25) is 0 Å². The van der Waals surface area contributed by atoms with Crippen LogP contribution in [0.2, 0.25) is 0 Å². The van der Waals surface area contributed by atoms with Crippen molar-refractivity contribution in [3.8, 4) is 23.3 Å². The third-order valence-corrected chi connectivity index (χ3v) is 2.19. The van der Waals surface area contributed by atoms with Gasteiger partial charge in [-0.15, -0.1) is 5.92 Å². The van der Waals surface area contributed by atoms with Gasteiger partial charge in [-0.3, -0.25) is 0 Å². The van der Waals surface area contributed by atoms with E-state index in [0.29, 0.717) is 6.61 Å². The zero-order valence-corrected chi connectivity index (χ0v) is 9.91. The lowest BCUT2D eigenvalue weighted by Gasteiger charge is -2.13. The zero-order valence-electron chi connectivity index (χ0n) is 9.91. The Morgan fingerprint density at radius 3 is 2.75 bits per heavy atom. The summed E-state index contributed by atoms with van der Waals surface area (Å²) >= 11 is 0. The van der Waals surface area contributed by atoms with E-state index >= 15 is 0 Å². The molecule has 0 aliphatic heterocycles. The Morgan fingerprint density at radius 2 is 2.19 bits per heavy atom. The standard InChI is InChI=1S/C13H17NO2/c1-4-5-8-16-13-9-11(15-3)6-7-12(13)10(2)14/h6-7,9-10H,8,14H2,1-3H3. The van der Waals surface area contributed by atoms with E-state index in [1.165, 1.54) is 0 Å². The van der Waals surface area contributed by atoms with Crippen molar-refractivity contribution in [3.05, 3.63) is 23.8 Å². The van der Waals surface area contributed by atoms with Crippen molar-refractivity contribution in [2.24, 2.45) is 5.73 Å². The molecule has 0 bridgehead atoms. The van der Waals surface area contributed by atoms with E-state index in [1.807, 2.05) is 25.1 Å². The van der Waals surface area contributed by atoms with Crippen LogP contribution < -0.4 is 15.2 Å². The second-order valence-corrected chi connectivity index (χ2v) is 3.41. The van der Waals surface area contributed by atoms with Crippen LogP contribution in [0.25, 0.3) is 0 Å². The molecule has 86 valence electrons. The van der Waals surface area contributed by atoms with E-state index in [9.17, 15) is 0 Å². The quantitative estimate of drug-likeness (QED) is 0.789. The minimum absolute atomic E-state index is 0.0736. The van der Waals surface area contributed by atoms with Gasteiger partial charge in [-0.2, -0.15) is 0 Å². The summed E-state index contributed by atoms with van der Waals surface area (Å²) in [6.07, 6.45) is 0. The second kappa shape index (κ2) is 6.04. The normalized spacial score (nSPS) is 11.2. The minimum atomic E-state index is -0.0736. The van der Waals surface area contributed by atoms with Gasteiger partial charge in [0.1, 0.15) is 18.1 Å². The Labute approximate surface area is 96.6 Å². The van der Waals surface area contributed by atoms with Gasteiger partial charge in [0.15, 0.2) is 0 Å². The van der Waals surface area contributed by atoms with Crippen LogP contribution in [0.1, 0.15) is 25.5 Å². The van der Waals surface area contributed by atoms with Crippen LogP contribution in [-0.2, 0) is 0 Å². The van der Waals surface area contributed by atoms with Crippen LogP contribution in [0.15, 0.2) is 18.2 Å². The van der Waals surface area contributed by atoms with Crippen LogP contribution in [0.4, 0.5) is 0 Å². The molecule has 0 aliphatic rings. The molecule has 1 aromatic carbocycles. The molecule has 0 saturated heterocycles. The van der Waals surface area contributed by atoms with Crippen molar-refractivity contribution >= 4 is 0 Å². The van der Waals surface area contributed by atoms with E-state index in [0.717, 1.165) is 17.1 Å². The van der Waals surface area contributed by atoms with Gasteiger partial charge in [-0.1, -0.05) is 12.0 Å². The van der Waals surface area contributed by atoms with Crippen molar-refractivity contribution in [2.75, 3.05) is 13.7 Å². The molecule has 1 aromatic rings. The Balaban J connectivity index is 2.94. The van der Waals surface area contributed by atoms with Crippen molar-refractivity contribution in [2.45, 2.75) is 19.9 Å². The Morgan fingerprint density at radius 1 is 1.44 bits per heavy atom. The Hall–Kier alpha value is -1.66. The first-order valence-corrected chi connectivity index (χ1v) is 5.15. The van der Waals surface area contributed by atoms with Crippen molar-refractivity contribution < 1.29 is 9.47 Å². The monoisotopic (exact) mass is 219 g/mol. The average Bonchev–Trinajstić information content (AvgIpc) is 2.29. The first-order valence-electron chi connectivity index (χ1n) is 5.15. The Bertz CT molecular complexity index is 402. The van der Waals surface area contributed by atoms with E-state index < -0.39 is 0 Å². The molecular formula is C13H17NO2. The molecule has 16 heavy (non-hydrogen) atoms. The SMILES string of the molecule is CC#CCOc1cc(OC)ccc1C(C)N. The number of benzene rings is 1. The third-order valence-electron chi connectivity index (χ3n) is 2.19. The summed E-state index contributed by atoms with van der Waals surface area (Å²) in [4.78, 5) is 0. The molecular weight excluding hydrogens is 202 g/mol. The number of ether oxygens (including phenoxy) is 2. The molecule has 0 fully saturated rings. The molecule has 0 aromatic heterocycles. The lowest BCUT2D eigenvalue weighted by Crippen LogP contribution is -2.08. The van der Waals surface area contributed by atoms with Crippen LogP contribution in [-0.4, -0.2) is 13.7 Å². The molecule has 3 nitrogen and oxygen atoms in total. The van der Waals surface area contributed by atoms with Gasteiger partial charge < -0.3 is 15.2 Å². The van der Waals surface area contributed by atoms with Gasteiger partial charge in [0.05, 0.1) is 7.11 Å². The molecule has 0 radical (unpaired) electrons. The molecule has 1 atom stereocenters. The third kappa shape index (κ3) is 3.18. The van der Waals surface area contributed by atoms with Gasteiger partial charge in [0.25, 0.3) is 0 Å². The first kappa shape index (κ1) is 12.4. The number of methoxy groups -OCH3 is 1. The fourth-order valence-corrected chi connectivity index (χ4v) is 1.33. The summed E-state index contributed by atoms with van der Waals surface area (Å²) in [6, 6.07) is 5.54. The summed E-state index contributed by atoms with van der Waals surface area (Å²) in [7, 11) is 1.62. The molecule has 0 amide bonds. The first-order chi connectivity index (χ1) is 7.69. The number of nitrogens with two attached hydrogens (primary N) is 1. The largest absolute Gasteiger partial charge is 0.497 e. The summed E-state index contributed by atoms with van der Waals surface area (Å²) in [5, 5.41) is 0. The van der Waals surface area contributed by atoms with E-state index in [-0.39, 0.29) is 6.04 Å². The van der Waals surface area contributed by atoms with Gasteiger partial charge in [0, 0.05) is 17.7 Å². The van der Waals surface area contributed by atoms with Crippen molar-refractivity contribution in [1.29, 1.82) is 0 Å². The molecule has 0 spiro atoms. The second-order valence-electron chi connectivity index (χ2n) is 3.41. The maximum atomic E-state index is 5.85. The molecule has 0 heterocycles. The molecule has 1 unspecified atom stereocenters. The summed E-state index contributed by atoms with van der Waals surface area (Å²) < 4.78 is 10.7. The number of hydrogen-bond donors (Lipinski definition) is 1. The van der Waals surface area contributed by atoms with Gasteiger partial charge >= 0.3 is 0 Å². The topological polar surface area (TPSA) is 44.5 Å². The highest BCUT2D eigenvalue weighted by molar-refractivity contribution is 5.42. The summed E-state index contributed by atoms with van der Waals surface area (Å²) in [6.45, 7) is 4.06. The molecule has 3 heteroatoms. The van der Waals surface area contributed by atoms with Crippen LogP contribution in [0, 0.1) is 11.8 Å².